The summed E-state index contributed by atoms with van der Waals surface area (Å²) in [5.74, 6) is -0.621. The number of carboxylic acid groups (broad SMARTS) is 1. The molecule has 234 valence electrons. The van der Waals surface area contributed by atoms with Crippen LogP contribution in [0, 0.1) is 5.92 Å². The van der Waals surface area contributed by atoms with Crippen molar-refractivity contribution in [3.05, 3.63) is 17.7 Å². The molecule has 2 fully saturated rings. The summed E-state index contributed by atoms with van der Waals surface area (Å²) in [7, 11) is 3.33. The Labute approximate surface area is 248 Å². The van der Waals surface area contributed by atoms with Gasteiger partial charge in [-0.05, 0) is 56.3 Å². The van der Waals surface area contributed by atoms with Crippen molar-refractivity contribution in [2.75, 3.05) is 73.3 Å². The SMILES string of the molecule is CCCCN(CCCCN)C(=O)CN1C[C@H](c2cc(OC)c3c(c2)OCO3)[C@@H](C(=O)O)[C@@H]1CCN1CCCN(C)C1=O. The zero-order valence-electron chi connectivity index (χ0n) is 25.3. The largest absolute Gasteiger partial charge is 0.493 e. The van der Waals surface area contributed by atoms with Crippen LogP contribution in [0.5, 0.6) is 17.2 Å². The molecule has 3 aliphatic heterocycles. The van der Waals surface area contributed by atoms with Gasteiger partial charge in [0.1, 0.15) is 0 Å². The monoisotopic (exact) mass is 589 g/mol. The van der Waals surface area contributed by atoms with Gasteiger partial charge in [-0.15, -0.1) is 0 Å². The predicted molar refractivity (Wildman–Crippen MR) is 157 cm³/mol. The van der Waals surface area contributed by atoms with Gasteiger partial charge >= 0.3 is 12.0 Å². The van der Waals surface area contributed by atoms with Gasteiger partial charge in [-0.1, -0.05) is 13.3 Å². The fourth-order valence-electron chi connectivity index (χ4n) is 6.41. The highest BCUT2D eigenvalue weighted by molar-refractivity contribution is 5.79. The van der Waals surface area contributed by atoms with Crippen LogP contribution in [0.4, 0.5) is 4.79 Å². The zero-order valence-corrected chi connectivity index (χ0v) is 25.3. The highest BCUT2D eigenvalue weighted by atomic mass is 16.7. The highest BCUT2D eigenvalue weighted by Crippen LogP contribution is 2.47. The summed E-state index contributed by atoms with van der Waals surface area (Å²) >= 11 is 0. The Hall–Kier alpha value is -3.25. The summed E-state index contributed by atoms with van der Waals surface area (Å²) in [6, 6.07) is 3.17. The molecule has 12 heteroatoms. The van der Waals surface area contributed by atoms with Gasteiger partial charge in [-0.2, -0.15) is 0 Å². The lowest BCUT2D eigenvalue weighted by Gasteiger charge is -2.35. The van der Waals surface area contributed by atoms with Gasteiger partial charge in [0.05, 0.1) is 19.6 Å². The first-order valence-corrected chi connectivity index (χ1v) is 15.2. The van der Waals surface area contributed by atoms with Crippen LogP contribution in [0.15, 0.2) is 12.1 Å². The van der Waals surface area contributed by atoms with Crippen LogP contribution in [0.2, 0.25) is 0 Å². The van der Waals surface area contributed by atoms with Gasteiger partial charge in [0.25, 0.3) is 0 Å². The first kappa shape index (κ1) is 31.7. The minimum absolute atomic E-state index is 0.00712. The van der Waals surface area contributed by atoms with Crippen molar-refractivity contribution in [1.82, 2.24) is 19.6 Å². The minimum atomic E-state index is -0.926. The third-order valence-electron chi connectivity index (χ3n) is 8.71. The number of hydrogen-bond acceptors (Lipinski definition) is 8. The maximum absolute atomic E-state index is 13.7. The number of carbonyl (C=O) groups excluding carboxylic acids is 2. The number of unbranched alkanes of at least 4 members (excludes halogenated alkanes) is 2. The number of urea groups is 1. The fraction of sp³-hybridized carbons (Fsp3) is 0.700. The Morgan fingerprint density at radius 1 is 1.17 bits per heavy atom. The number of aliphatic carboxylic acids is 1. The lowest BCUT2D eigenvalue weighted by atomic mass is 9.84. The maximum atomic E-state index is 13.7. The fourth-order valence-corrected chi connectivity index (χ4v) is 6.41. The number of amides is 3. The molecular weight excluding hydrogens is 542 g/mol. The number of likely N-dealkylation sites (tertiary alicyclic amines) is 1. The average Bonchev–Trinajstić information content (AvgIpc) is 3.60. The van der Waals surface area contributed by atoms with Crippen molar-refractivity contribution in [1.29, 1.82) is 0 Å². The van der Waals surface area contributed by atoms with Crippen molar-refractivity contribution in [3.8, 4) is 17.2 Å². The summed E-state index contributed by atoms with van der Waals surface area (Å²) in [4.78, 5) is 46.8. The number of nitrogens with zero attached hydrogens (tertiary/aromatic N) is 4. The van der Waals surface area contributed by atoms with E-state index in [4.69, 9.17) is 19.9 Å². The molecule has 42 heavy (non-hydrogen) atoms. The number of hydrogen-bond donors (Lipinski definition) is 2. The second-order valence-corrected chi connectivity index (χ2v) is 11.5. The van der Waals surface area contributed by atoms with Crippen molar-refractivity contribution in [2.45, 2.75) is 57.4 Å². The Kier molecular flexibility index (Phi) is 11.1. The molecule has 0 saturated carbocycles. The lowest BCUT2D eigenvalue weighted by Crippen LogP contribution is -2.50. The van der Waals surface area contributed by atoms with Crippen LogP contribution in [0.1, 0.15) is 56.9 Å². The molecule has 3 amide bonds. The van der Waals surface area contributed by atoms with Crippen molar-refractivity contribution >= 4 is 17.9 Å². The first-order chi connectivity index (χ1) is 20.3. The number of rotatable bonds is 15. The van der Waals surface area contributed by atoms with Crippen LogP contribution >= 0.6 is 0 Å². The highest BCUT2D eigenvalue weighted by Gasteiger charge is 2.48. The molecule has 3 heterocycles. The predicted octanol–water partition coefficient (Wildman–Crippen LogP) is 2.41. The summed E-state index contributed by atoms with van der Waals surface area (Å²) in [5, 5.41) is 10.6. The molecule has 0 radical (unpaired) electrons. The number of ether oxygens (including phenoxy) is 3. The Bertz CT molecular complexity index is 1100. The van der Waals surface area contributed by atoms with Crippen molar-refractivity contribution in [2.24, 2.45) is 11.7 Å². The van der Waals surface area contributed by atoms with Crippen molar-refractivity contribution < 1.29 is 33.7 Å². The summed E-state index contributed by atoms with van der Waals surface area (Å²) in [6.45, 7) is 6.32. The number of methoxy groups -OCH3 is 1. The number of nitrogens with two attached hydrogens (primary N) is 1. The number of fused-ring (bicyclic) bond motifs is 1. The standard InChI is InChI=1S/C30H47N5O7/c1-4-5-12-33(13-7-6-10-31)26(36)19-35-18-22(21-16-24(40-3)28-25(17-21)41-20-42-28)27(29(37)38)23(35)9-15-34-14-8-11-32(2)30(34)39/h16-17,22-23,27H,4-15,18-20,31H2,1-3H3,(H,37,38)/t22-,23+,27-/m1/s1. The molecule has 3 N–H and O–H groups in total. The van der Waals surface area contributed by atoms with E-state index < -0.39 is 23.8 Å². The van der Waals surface area contributed by atoms with Crippen LogP contribution in [0.3, 0.4) is 0 Å². The van der Waals surface area contributed by atoms with E-state index >= 15 is 0 Å². The molecule has 4 rings (SSSR count). The Balaban J connectivity index is 1.61. The van der Waals surface area contributed by atoms with Gasteiger partial charge in [0.2, 0.25) is 18.4 Å². The number of carboxylic acids is 1. The Morgan fingerprint density at radius 2 is 1.95 bits per heavy atom. The molecule has 3 atom stereocenters. The van der Waals surface area contributed by atoms with Crippen LogP contribution in [0.25, 0.3) is 0 Å². The maximum Gasteiger partial charge on any atom is 0.319 e. The molecule has 0 unspecified atom stereocenters. The quantitative estimate of drug-likeness (QED) is 0.295. The molecule has 2 saturated heterocycles. The van der Waals surface area contributed by atoms with E-state index in [1.165, 1.54) is 0 Å². The van der Waals surface area contributed by atoms with Gasteiger partial charge in [0, 0.05) is 58.3 Å². The molecule has 1 aromatic carbocycles. The van der Waals surface area contributed by atoms with Gasteiger partial charge in [-0.25, -0.2) is 4.79 Å². The first-order valence-electron chi connectivity index (χ1n) is 15.2. The second kappa shape index (κ2) is 14.8. The second-order valence-electron chi connectivity index (χ2n) is 11.5. The molecule has 0 aliphatic carbocycles. The third kappa shape index (κ3) is 7.20. The number of carbonyl (C=O) groups is 3. The minimum Gasteiger partial charge on any atom is -0.493 e. The van der Waals surface area contributed by atoms with E-state index in [-0.39, 0.29) is 25.3 Å². The van der Waals surface area contributed by atoms with Gasteiger partial charge in [-0.3, -0.25) is 14.5 Å². The molecule has 0 aromatic heterocycles. The van der Waals surface area contributed by atoms with Gasteiger partial charge < -0.3 is 39.8 Å². The topological polar surface area (TPSA) is 138 Å². The lowest BCUT2D eigenvalue weighted by molar-refractivity contribution is -0.144. The van der Waals surface area contributed by atoms with Crippen molar-refractivity contribution in [3.63, 3.8) is 0 Å². The van der Waals surface area contributed by atoms with E-state index in [2.05, 4.69) is 6.92 Å². The molecule has 0 spiro atoms. The zero-order chi connectivity index (χ0) is 30.2. The normalized spacial score (nSPS) is 22.1. The van der Waals surface area contributed by atoms with Crippen LogP contribution in [-0.4, -0.2) is 122 Å². The average molecular weight is 590 g/mol. The van der Waals surface area contributed by atoms with Crippen LogP contribution in [-0.2, 0) is 9.59 Å². The van der Waals surface area contributed by atoms with E-state index in [1.54, 1.807) is 24.0 Å². The molecule has 1 aromatic rings. The van der Waals surface area contributed by atoms with E-state index in [0.29, 0.717) is 69.5 Å². The third-order valence-corrected chi connectivity index (χ3v) is 8.71. The van der Waals surface area contributed by atoms with E-state index in [9.17, 15) is 19.5 Å². The Morgan fingerprint density at radius 3 is 2.67 bits per heavy atom. The smallest absolute Gasteiger partial charge is 0.319 e. The van der Waals surface area contributed by atoms with E-state index in [0.717, 1.165) is 37.7 Å². The van der Waals surface area contributed by atoms with Gasteiger partial charge in [0.15, 0.2) is 11.5 Å². The number of benzene rings is 1. The summed E-state index contributed by atoms with van der Waals surface area (Å²) < 4.78 is 16.7. The summed E-state index contributed by atoms with van der Waals surface area (Å²) in [6.07, 6.45) is 4.86. The van der Waals surface area contributed by atoms with Crippen LogP contribution < -0.4 is 19.9 Å². The molecular formula is C30H47N5O7. The molecule has 0 bridgehead atoms. The molecule has 3 aliphatic rings. The summed E-state index contributed by atoms with van der Waals surface area (Å²) in [5.41, 5.74) is 6.47. The molecule has 12 nitrogen and oxygen atoms in total. The van der Waals surface area contributed by atoms with E-state index in [1.807, 2.05) is 21.9 Å².